The topological polar surface area (TPSA) is 75.6 Å². The quantitative estimate of drug-likeness (QED) is 0.889. The molecule has 0 bridgehead atoms. The zero-order valence-corrected chi connectivity index (χ0v) is 10.9. The number of thiophene rings is 1. The molecule has 0 aliphatic heterocycles. The number of hydrogen-bond donors (Lipinski definition) is 2. The lowest BCUT2D eigenvalue weighted by molar-refractivity contribution is -0.118. The van der Waals surface area contributed by atoms with E-state index in [9.17, 15) is 14.0 Å². The van der Waals surface area contributed by atoms with E-state index in [0.29, 0.717) is 5.00 Å². The van der Waals surface area contributed by atoms with Crippen LogP contribution in [0, 0.1) is 5.82 Å². The minimum atomic E-state index is -1.06. The molecular weight excluding hydrogens is 285 g/mol. The molecule has 2 aromatic rings. The zero-order chi connectivity index (χ0) is 14.5. The van der Waals surface area contributed by atoms with Gasteiger partial charge in [0.2, 0.25) is 0 Å². The van der Waals surface area contributed by atoms with E-state index in [1.54, 1.807) is 6.07 Å². The summed E-state index contributed by atoms with van der Waals surface area (Å²) >= 11 is 0.933. The maximum Gasteiger partial charge on any atom is 0.345 e. The molecule has 2 N–H and O–H groups in total. The Bertz CT molecular complexity index is 641. The Kier molecular flexibility index (Phi) is 4.31. The fourth-order valence-corrected chi connectivity index (χ4v) is 2.16. The van der Waals surface area contributed by atoms with Crippen LogP contribution in [-0.4, -0.2) is 23.6 Å². The second-order valence-corrected chi connectivity index (χ2v) is 4.82. The number of carboxylic acids is 1. The largest absolute Gasteiger partial charge is 0.481 e. The zero-order valence-electron chi connectivity index (χ0n) is 10.1. The lowest BCUT2D eigenvalue weighted by Gasteiger charge is -2.06. The highest BCUT2D eigenvalue weighted by molar-refractivity contribution is 7.18. The first-order chi connectivity index (χ1) is 9.56. The molecule has 0 unspecified atom stereocenters. The van der Waals surface area contributed by atoms with Crippen LogP contribution in [-0.2, 0) is 4.79 Å². The number of anilines is 1. The third kappa shape index (κ3) is 3.55. The molecule has 1 aromatic carbocycles. The fraction of sp³-hybridized carbons (Fsp3) is 0.0769. The molecule has 7 heteroatoms. The Balaban J connectivity index is 1.89. The first-order valence-corrected chi connectivity index (χ1v) is 6.38. The molecule has 5 nitrogen and oxygen atoms in total. The molecule has 1 aromatic heterocycles. The minimum Gasteiger partial charge on any atom is -0.481 e. The van der Waals surface area contributed by atoms with Crippen molar-refractivity contribution in [3.63, 3.8) is 0 Å². The summed E-state index contributed by atoms with van der Waals surface area (Å²) in [7, 11) is 0. The monoisotopic (exact) mass is 295 g/mol. The van der Waals surface area contributed by atoms with Gasteiger partial charge in [0, 0.05) is 0 Å². The van der Waals surface area contributed by atoms with Gasteiger partial charge < -0.3 is 15.2 Å². The van der Waals surface area contributed by atoms with Gasteiger partial charge in [-0.3, -0.25) is 4.79 Å². The molecule has 104 valence electrons. The molecule has 0 atom stereocenters. The van der Waals surface area contributed by atoms with Gasteiger partial charge in [-0.25, -0.2) is 9.18 Å². The molecule has 20 heavy (non-hydrogen) atoms. The number of para-hydroxylation sites is 1. The van der Waals surface area contributed by atoms with Crippen molar-refractivity contribution in [1.82, 2.24) is 0 Å². The Hall–Kier alpha value is -2.41. The Morgan fingerprint density at radius 3 is 2.65 bits per heavy atom. The molecule has 0 spiro atoms. The second kappa shape index (κ2) is 6.16. The van der Waals surface area contributed by atoms with Crippen molar-refractivity contribution >= 4 is 28.2 Å². The third-order valence-electron chi connectivity index (χ3n) is 2.27. The van der Waals surface area contributed by atoms with Crippen molar-refractivity contribution in [3.05, 3.63) is 47.1 Å². The summed E-state index contributed by atoms with van der Waals surface area (Å²) < 4.78 is 18.3. The molecule has 0 radical (unpaired) electrons. The van der Waals surface area contributed by atoms with Crippen LogP contribution >= 0.6 is 11.3 Å². The highest BCUT2D eigenvalue weighted by Crippen LogP contribution is 2.21. The number of carbonyl (C=O) groups excluding carboxylic acids is 1. The molecule has 0 saturated heterocycles. The summed E-state index contributed by atoms with van der Waals surface area (Å²) in [5, 5.41) is 11.6. The van der Waals surface area contributed by atoms with Crippen molar-refractivity contribution in [3.8, 4) is 5.75 Å². The van der Waals surface area contributed by atoms with Gasteiger partial charge in [0.25, 0.3) is 5.91 Å². The van der Waals surface area contributed by atoms with E-state index < -0.39 is 17.7 Å². The molecule has 1 heterocycles. The Morgan fingerprint density at radius 1 is 1.25 bits per heavy atom. The number of halogens is 1. The van der Waals surface area contributed by atoms with Crippen molar-refractivity contribution in [2.45, 2.75) is 0 Å². The molecule has 2 rings (SSSR count). The Labute approximate surface area is 117 Å². The first-order valence-electron chi connectivity index (χ1n) is 5.56. The summed E-state index contributed by atoms with van der Waals surface area (Å²) in [5.41, 5.74) is 0. The van der Waals surface area contributed by atoms with Crippen LogP contribution < -0.4 is 10.1 Å². The van der Waals surface area contributed by atoms with Gasteiger partial charge >= 0.3 is 5.97 Å². The van der Waals surface area contributed by atoms with Crippen molar-refractivity contribution in [1.29, 1.82) is 0 Å². The van der Waals surface area contributed by atoms with Crippen LogP contribution in [0.25, 0.3) is 0 Å². The van der Waals surface area contributed by atoms with E-state index in [2.05, 4.69) is 5.32 Å². The number of aromatic carboxylic acids is 1. The number of benzene rings is 1. The average molecular weight is 295 g/mol. The molecule has 0 saturated carbocycles. The number of nitrogens with one attached hydrogen (secondary N) is 1. The van der Waals surface area contributed by atoms with Gasteiger partial charge in [-0.2, -0.15) is 0 Å². The van der Waals surface area contributed by atoms with E-state index in [0.717, 1.165) is 11.3 Å². The minimum absolute atomic E-state index is 0.0138. The van der Waals surface area contributed by atoms with Crippen LogP contribution in [0.2, 0.25) is 0 Å². The second-order valence-electron chi connectivity index (χ2n) is 3.74. The number of hydrogen-bond acceptors (Lipinski definition) is 4. The predicted octanol–water partition coefficient (Wildman–Crippen LogP) is 2.60. The summed E-state index contributed by atoms with van der Waals surface area (Å²) in [5.74, 6) is -2.12. The van der Waals surface area contributed by atoms with Crippen LogP contribution in [0.1, 0.15) is 9.67 Å². The van der Waals surface area contributed by atoms with Gasteiger partial charge in [-0.1, -0.05) is 12.1 Å². The summed E-state index contributed by atoms with van der Waals surface area (Å²) in [6.07, 6.45) is 0. The summed E-state index contributed by atoms with van der Waals surface area (Å²) in [6.45, 7) is -0.360. The molecule has 1 amide bonds. The molecule has 0 fully saturated rings. The number of ether oxygens (including phenoxy) is 1. The summed E-state index contributed by atoms with van der Waals surface area (Å²) in [4.78, 5) is 22.4. The maximum atomic E-state index is 13.2. The lowest BCUT2D eigenvalue weighted by atomic mass is 10.3. The Morgan fingerprint density at radius 2 is 2.00 bits per heavy atom. The lowest BCUT2D eigenvalue weighted by Crippen LogP contribution is -2.19. The first kappa shape index (κ1) is 14.0. The van der Waals surface area contributed by atoms with Crippen LogP contribution in [0.15, 0.2) is 36.4 Å². The maximum absolute atomic E-state index is 13.2. The molecular formula is C13H10FNO4S. The number of rotatable bonds is 5. The van der Waals surface area contributed by atoms with E-state index >= 15 is 0 Å². The van der Waals surface area contributed by atoms with Gasteiger partial charge in [0.1, 0.15) is 4.88 Å². The number of amides is 1. The fourth-order valence-electron chi connectivity index (χ4n) is 1.40. The van der Waals surface area contributed by atoms with Gasteiger partial charge in [0.05, 0.1) is 5.00 Å². The molecule has 0 aliphatic carbocycles. The predicted molar refractivity (Wildman–Crippen MR) is 71.8 cm³/mol. The summed E-state index contributed by atoms with van der Waals surface area (Å²) in [6, 6.07) is 8.62. The van der Waals surface area contributed by atoms with E-state index in [1.807, 2.05) is 0 Å². The van der Waals surface area contributed by atoms with Crippen molar-refractivity contribution < 1.29 is 23.8 Å². The normalized spacial score (nSPS) is 10.1. The van der Waals surface area contributed by atoms with Crippen LogP contribution in [0.5, 0.6) is 5.75 Å². The van der Waals surface area contributed by atoms with Crippen LogP contribution in [0.3, 0.4) is 0 Å². The standard InChI is InChI=1S/C13H10FNO4S/c14-8-3-1-2-4-9(8)19-7-11(16)15-12-6-5-10(20-12)13(17)18/h1-6H,7H2,(H,15,16)(H,17,18). The average Bonchev–Trinajstić information content (AvgIpc) is 2.86. The van der Waals surface area contributed by atoms with Gasteiger partial charge in [0.15, 0.2) is 18.2 Å². The van der Waals surface area contributed by atoms with Gasteiger partial charge in [-0.15, -0.1) is 11.3 Å². The number of carbonyl (C=O) groups is 2. The van der Waals surface area contributed by atoms with E-state index in [4.69, 9.17) is 9.84 Å². The van der Waals surface area contributed by atoms with Crippen molar-refractivity contribution in [2.75, 3.05) is 11.9 Å². The van der Waals surface area contributed by atoms with E-state index in [-0.39, 0.29) is 17.2 Å². The van der Waals surface area contributed by atoms with Gasteiger partial charge in [-0.05, 0) is 24.3 Å². The van der Waals surface area contributed by atoms with E-state index in [1.165, 1.54) is 30.3 Å². The van der Waals surface area contributed by atoms with Crippen LogP contribution in [0.4, 0.5) is 9.39 Å². The third-order valence-corrected chi connectivity index (χ3v) is 3.26. The highest BCUT2D eigenvalue weighted by atomic mass is 32.1. The van der Waals surface area contributed by atoms with Crippen molar-refractivity contribution in [2.24, 2.45) is 0 Å². The smallest absolute Gasteiger partial charge is 0.345 e. The number of carboxylic acid groups (broad SMARTS) is 1. The highest BCUT2D eigenvalue weighted by Gasteiger charge is 2.10. The molecule has 0 aliphatic rings. The SMILES string of the molecule is O=C(COc1ccccc1F)Nc1ccc(C(=O)O)s1.